The SMILES string of the molecule is CC(=O)N1CCC[C@H]1C(=O)N[C@@H](CC(C)C)C(=O)N[C@@H](Cc1cncn1CCCCCCCCc1ccccc1)C(=O)N[C@@H](C)C(=O)N[C@H](C(N)=O)[C@@H](C)OP(=O)(O)O. The van der Waals surface area contributed by atoms with Crippen molar-refractivity contribution < 1.29 is 47.6 Å². The van der Waals surface area contributed by atoms with Gasteiger partial charge in [0.25, 0.3) is 0 Å². The number of nitrogens with one attached hydrogen (secondary N) is 4. The van der Waals surface area contributed by atoms with Gasteiger partial charge in [-0.05, 0) is 63.9 Å². The zero-order valence-corrected chi connectivity index (χ0v) is 35.7. The Balaban J connectivity index is 1.73. The molecule has 0 bridgehead atoms. The molecule has 6 atom stereocenters. The zero-order chi connectivity index (χ0) is 43.7. The van der Waals surface area contributed by atoms with Gasteiger partial charge in [0.05, 0.1) is 12.4 Å². The van der Waals surface area contributed by atoms with E-state index in [9.17, 15) is 43.1 Å². The number of benzene rings is 1. The van der Waals surface area contributed by atoms with Crippen LogP contribution < -0.4 is 27.0 Å². The van der Waals surface area contributed by atoms with Gasteiger partial charge in [0, 0.05) is 38.3 Å². The van der Waals surface area contributed by atoms with Gasteiger partial charge >= 0.3 is 7.82 Å². The van der Waals surface area contributed by atoms with Crippen LogP contribution in [0.15, 0.2) is 42.9 Å². The predicted molar refractivity (Wildman–Crippen MR) is 219 cm³/mol. The monoisotopic (exact) mass is 846 g/mol. The van der Waals surface area contributed by atoms with Gasteiger partial charge < -0.3 is 46.3 Å². The molecule has 2 heterocycles. The van der Waals surface area contributed by atoms with E-state index < -0.39 is 73.7 Å². The molecule has 0 aliphatic carbocycles. The number of hydrogen-bond donors (Lipinski definition) is 7. The summed E-state index contributed by atoms with van der Waals surface area (Å²) in [4.78, 5) is 103. The fraction of sp³-hybridized carbons (Fsp3) is 0.625. The van der Waals surface area contributed by atoms with Crippen LogP contribution in [0, 0.1) is 5.92 Å². The van der Waals surface area contributed by atoms with Gasteiger partial charge in [-0.25, -0.2) is 9.55 Å². The fourth-order valence-corrected chi connectivity index (χ4v) is 7.67. The summed E-state index contributed by atoms with van der Waals surface area (Å²) in [5, 5.41) is 10.4. The van der Waals surface area contributed by atoms with Gasteiger partial charge in [0.15, 0.2) is 0 Å². The molecule has 0 radical (unpaired) electrons. The second kappa shape index (κ2) is 23.8. The lowest BCUT2D eigenvalue weighted by molar-refractivity contribution is -0.138. The molecule has 1 aromatic carbocycles. The molecule has 6 amide bonds. The van der Waals surface area contributed by atoms with Crippen molar-refractivity contribution in [3.05, 3.63) is 54.1 Å². The Kier molecular flexibility index (Phi) is 19.7. The third kappa shape index (κ3) is 16.9. The highest BCUT2D eigenvalue weighted by atomic mass is 31.2. The molecule has 0 spiro atoms. The van der Waals surface area contributed by atoms with Crippen LogP contribution >= 0.6 is 7.82 Å². The number of unbranched alkanes of at least 4 members (excludes halogenated alkanes) is 5. The molecule has 59 heavy (non-hydrogen) atoms. The summed E-state index contributed by atoms with van der Waals surface area (Å²) in [5.74, 6) is -4.24. The highest BCUT2D eigenvalue weighted by molar-refractivity contribution is 7.46. The molecule has 0 unspecified atom stereocenters. The van der Waals surface area contributed by atoms with Gasteiger partial charge in [-0.1, -0.05) is 69.9 Å². The molecule has 18 nitrogen and oxygen atoms in total. The van der Waals surface area contributed by atoms with Crippen molar-refractivity contribution in [2.24, 2.45) is 11.7 Å². The maximum Gasteiger partial charge on any atom is 0.469 e. The first-order chi connectivity index (χ1) is 27.9. The van der Waals surface area contributed by atoms with Crippen LogP contribution in [0.3, 0.4) is 0 Å². The third-order valence-electron chi connectivity index (χ3n) is 10.2. The van der Waals surface area contributed by atoms with E-state index in [0.29, 0.717) is 31.6 Å². The summed E-state index contributed by atoms with van der Waals surface area (Å²) in [6, 6.07) is 4.36. The van der Waals surface area contributed by atoms with Crippen LogP contribution in [-0.4, -0.2) is 103 Å². The molecule has 1 saturated heterocycles. The molecule has 8 N–H and O–H groups in total. The summed E-state index contributed by atoms with van der Waals surface area (Å²) in [7, 11) is -5.05. The number of primary amides is 1. The third-order valence-corrected chi connectivity index (χ3v) is 10.8. The Morgan fingerprint density at radius 1 is 0.881 bits per heavy atom. The van der Waals surface area contributed by atoms with E-state index in [1.165, 1.54) is 24.3 Å². The molecule has 1 aliphatic rings. The summed E-state index contributed by atoms with van der Waals surface area (Å²) >= 11 is 0. The fourth-order valence-electron chi connectivity index (χ4n) is 7.12. The van der Waals surface area contributed by atoms with E-state index in [2.05, 4.69) is 55.0 Å². The van der Waals surface area contributed by atoms with Crippen molar-refractivity contribution in [1.82, 2.24) is 35.7 Å². The minimum atomic E-state index is -5.05. The average molecular weight is 847 g/mol. The molecule has 0 saturated carbocycles. The van der Waals surface area contributed by atoms with Crippen LogP contribution in [0.2, 0.25) is 0 Å². The van der Waals surface area contributed by atoms with Gasteiger partial charge in [-0.2, -0.15) is 0 Å². The minimum Gasteiger partial charge on any atom is -0.368 e. The molecule has 19 heteroatoms. The molecule has 1 aromatic heterocycles. The average Bonchev–Trinajstić information content (AvgIpc) is 3.84. The van der Waals surface area contributed by atoms with Crippen molar-refractivity contribution in [3.8, 4) is 0 Å². The van der Waals surface area contributed by atoms with Crippen LogP contribution in [-0.2, 0) is 57.2 Å². The smallest absolute Gasteiger partial charge is 0.368 e. The number of aryl methyl sites for hydroxylation is 2. The van der Waals surface area contributed by atoms with E-state index in [-0.39, 0.29) is 24.7 Å². The summed E-state index contributed by atoms with van der Waals surface area (Å²) in [6.45, 7) is 8.64. The van der Waals surface area contributed by atoms with Crippen LogP contribution in [0.4, 0.5) is 0 Å². The Morgan fingerprint density at radius 3 is 2.15 bits per heavy atom. The number of aromatic nitrogens is 2. The number of imidazole rings is 1. The van der Waals surface area contributed by atoms with Crippen LogP contribution in [0.25, 0.3) is 0 Å². The van der Waals surface area contributed by atoms with Crippen molar-refractivity contribution in [3.63, 3.8) is 0 Å². The van der Waals surface area contributed by atoms with E-state index in [0.717, 1.165) is 51.9 Å². The number of nitrogens with two attached hydrogens (primary N) is 1. The lowest BCUT2D eigenvalue weighted by atomic mass is 10.0. The van der Waals surface area contributed by atoms with Crippen molar-refractivity contribution >= 4 is 43.3 Å². The quantitative estimate of drug-likeness (QED) is 0.0562. The number of hydrogen-bond acceptors (Lipinski definition) is 9. The Morgan fingerprint density at radius 2 is 1.53 bits per heavy atom. The summed E-state index contributed by atoms with van der Waals surface area (Å²) in [5.41, 5.74) is 7.34. The normalized spacial score (nSPS) is 16.7. The van der Waals surface area contributed by atoms with Crippen molar-refractivity contribution in [1.29, 1.82) is 0 Å². The molecule has 1 fully saturated rings. The largest absolute Gasteiger partial charge is 0.469 e. The molecule has 2 aromatic rings. The topological polar surface area (TPSA) is 264 Å². The number of nitrogens with zero attached hydrogens (tertiary/aromatic N) is 3. The van der Waals surface area contributed by atoms with Gasteiger partial charge in [-0.3, -0.25) is 33.3 Å². The number of rotatable bonds is 25. The van der Waals surface area contributed by atoms with E-state index in [1.54, 1.807) is 12.5 Å². The Bertz CT molecular complexity index is 1750. The number of phosphoric acid groups is 1. The van der Waals surface area contributed by atoms with E-state index in [1.807, 2.05) is 24.5 Å². The number of amides is 6. The van der Waals surface area contributed by atoms with Gasteiger partial charge in [0.2, 0.25) is 35.4 Å². The maximum atomic E-state index is 14.0. The highest BCUT2D eigenvalue weighted by Crippen LogP contribution is 2.38. The molecule has 1 aliphatic heterocycles. The number of carbonyl (C=O) groups is 6. The second-order valence-electron chi connectivity index (χ2n) is 15.7. The summed E-state index contributed by atoms with van der Waals surface area (Å²) < 4.78 is 17.8. The van der Waals surface area contributed by atoms with Crippen LogP contribution in [0.1, 0.15) is 104 Å². The lowest BCUT2D eigenvalue weighted by Crippen LogP contribution is -2.59. The van der Waals surface area contributed by atoms with Crippen molar-refractivity contribution in [2.45, 2.75) is 148 Å². The van der Waals surface area contributed by atoms with Gasteiger partial charge in [-0.15, -0.1) is 0 Å². The second-order valence-corrected chi connectivity index (χ2v) is 16.9. The first-order valence-electron chi connectivity index (χ1n) is 20.4. The zero-order valence-electron chi connectivity index (χ0n) is 34.8. The van der Waals surface area contributed by atoms with Crippen molar-refractivity contribution in [2.75, 3.05) is 6.54 Å². The number of likely N-dealkylation sites (tertiary alicyclic amines) is 1. The molecular weight excluding hydrogens is 783 g/mol. The van der Waals surface area contributed by atoms with Crippen LogP contribution in [0.5, 0.6) is 0 Å². The summed E-state index contributed by atoms with van der Waals surface area (Å²) in [6.07, 6.45) is 10.3. The first kappa shape index (κ1) is 48.7. The number of phosphoric ester groups is 1. The van der Waals surface area contributed by atoms with E-state index in [4.69, 9.17) is 5.73 Å². The molecule has 3 rings (SSSR count). The minimum absolute atomic E-state index is 0.0362. The highest BCUT2D eigenvalue weighted by Gasteiger charge is 2.37. The standard InChI is InChI=1S/C40H63N8O10P/c1-26(2)22-32(45-40(54)34-19-15-21-48(34)29(5)49)39(53)44-33(38(52)43-27(3)37(51)46-35(36(41)50)28(4)58-59(55,56)57)23-31-24-42-25-47(31)20-14-9-7-6-8-11-16-30-17-12-10-13-18-30/h10,12-13,17-18,24-28,32-35H,6-9,11,14-16,19-23H2,1-5H3,(H2,41,50)(H,43,52)(H,44,53)(H,45,54)(H,46,51)(H2,55,56,57)/t27-,28+,32-,33-,34-,35-/m0/s1. The Labute approximate surface area is 346 Å². The molecular formula is C40H63N8O10P. The lowest BCUT2D eigenvalue weighted by Gasteiger charge is -2.28. The van der Waals surface area contributed by atoms with Gasteiger partial charge in [0.1, 0.15) is 30.2 Å². The predicted octanol–water partition coefficient (Wildman–Crippen LogP) is 2.01. The Hall–Kier alpha value is -4.64. The first-order valence-corrected chi connectivity index (χ1v) is 21.9. The number of carbonyl (C=O) groups excluding carboxylic acids is 6. The maximum absolute atomic E-state index is 14.0. The van der Waals surface area contributed by atoms with E-state index >= 15 is 0 Å². The molecule has 328 valence electrons.